The van der Waals surface area contributed by atoms with Crippen LogP contribution in [0, 0.1) is 0 Å². The molecule has 0 bridgehead atoms. The number of hydrogen-bond acceptors (Lipinski definition) is 5. The second kappa shape index (κ2) is 8.71. The fourth-order valence-corrected chi connectivity index (χ4v) is 3.54. The second-order valence-corrected chi connectivity index (χ2v) is 7.60. The normalized spacial score (nSPS) is 20.2. The van der Waals surface area contributed by atoms with Crippen LogP contribution in [0.5, 0.6) is 11.5 Å². The van der Waals surface area contributed by atoms with Crippen LogP contribution in [-0.4, -0.2) is 54.1 Å². The number of nitrogens with zero attached hydrogens (tertiary/aromatic N) is 2. The van der Waals surface area contributed by atoms with Crippen molar-refractivity contribution in [3.8, 4) is 11.5 Å². The standard InChI is InChI=1S/C21H29N3O5/c1-4-6-10-23(11-7-5-2)18(25)13-24-19(26)21(3,22-20(24)27)15-8-9-16-17(12-15)29-14-28-16/h8-9,12H,4-7,10-11,13-14H2,1-3H3,(H,22,27)/t21-/m1/s1. The number of ether oxygens (including phenoxy) is 2. The number of rotatable bonds is 9. The summed E-state index contributed by atoms with van der Waals surface area (Å²) in [5, 5.41) is 2.74. The lowest BCUT2D eigenvalue weighted by atomic mass is 9.91. The molecule has 0 radical (unpaired) electrons. The van der Waals surface area contributed by atoms with Gasteiger partial charge < -0.3 is 19.7 Å². The Labute approximate surface area is 171 Å². The summed E-state index contributed by atoms with van der Waals surface area (Å²) in [4.78, 5) is 41.3. The molecule has 158 valence electrons. The van der Waals surface area contributed by atoms with Gasteiger partial charge in [-0.3, -0.25) is 14.5 Å². The maximum Gasteiger partial charge on any atom is 0.325 e. The Hall–Kier alpha value is -2.77. The average molecular weight is 403 g/mol. The number of urea groups is 1. The summed E-state index contributed by atoms with van der Waals surface area (Å²) in [6.07, 6.45) is 3.73. The molecular formula is C21H29N3O5. The lowest BCUT2D eigenvalue weighted by Gasteiger charge is -2.25. The van der Waals surface area contributed by atoms with Crippen molar-refractivity contribution in [2.75, 3.05) is 26.4 Å². The molecular weight excluding hydrogens is 374 g/mol. The first-order valence-corrected chi connectivity index (χ1v) is 10.2. The predicted octanol–water partition coefficient (Wildman–Crippen LogP) is 2.61. The van der Waals surface area contributed by atoms with Crippen molar-refractivity contribution >= 4 is 17.8 Å². The van der Waals surface area contributed by atoms with Crippen LogP contribution in [0.25, 0.3) is 0 Å². The maximum atomic E-state index is 13.1. The summed E-state index contributed by atoms with van der Waals surface area (Å²) < 4.78 is 10.7. The summed E-state index contributed by atoms with van der Waals surface area (Å²) >= 11 is 0. The highest BCUT2D eigenvalue weighted by atomic mass is 16.7. The molecule has 2 aliphatic rings. The predicted molar refractivity (Wildman–Crippen MR) is 107 cm³/mol. The molecule has 29 heavy (non-hydrogen) atoms. The van der Waals surface area contributed by atoms with Crippen LogP contribution in [0.1, 0.15) is 52.0 Å². The zero-order chi connectivity index (χ0) is 21.0. The van der Waals surface area contributed by atoms with Crippen molar-refractivity contribution in [2.45, 2.75) is 52.0 Å². The van der Waals surface area contributed by atoms with Gasteiger partial charge >= 0.3 is 6.03 Å². The largest absolute Gasteiger partial charge is 0.454 e. The first-order valence-electron chi connectivity index (χ1n) is 10.2. The van der Waals surface area contributed by atoms with Crippen LogP contribution in [0.2, 0.25) is 0 Å². The first kappa shape index (κ1) is 21.0. The molecule has 1 atom stereocenters. The Morgan fingerprint density at radius 3 is 2.45 bits per heavy atom. The van der Waals surface area contributed by atoms with Gasteiger partial charge in [-0.1, -0.05) is 32.8 Å². The molecule has 1 aromatic carbocycles. The Morgan fingerprint density at radius 2 is 1.79 bits per heavy atom. The molecule has 0 spiro atoms. The van der Waals surface area contributed by atoms with E-state index < -0.39 is 17.5 Å². The van der Waals surface area contributed by atoms with Gasteiger partial charge in [0.25, 0.3) is 5.91 Å². The Morgan fingerprint density at radius 1 is 1.14 bits per heavy atom. The number of benzene rings is 1. The van der Waals surface area contributed by atoms with Gasteiger partial charge in [0.2, 0.25) is 12.7 Å². The minimum absolute atomic E-state index is 0.127. The van der Waals surface area contributed by atoms with Gasteiger partial charge in [0.15, 0.2) is 11.5 Å². The van der Waals surface area contributed by atoms with Crippen LogP contribution in [0.4, 0.5) is 4.79 Å². The lowest BCUT2D eigenvalue weighted by Crippen LogP contribution is -2.45. The molecule has 2 aliphatic heterocycles. The highest BCUT2D eigenvalue weighted by Crippen LogP contribution is 2.37. The van der Waals surface area contributed by atoms with Crippen LogP contribution >= 0.6 is 0 Å². The van der Waals surface area contributed by atoms with Crippen molar-refractivity contribution in [1.82, 2.24) is 15.1 Å². The third-order valence-corrected chi connectivity index (χ3v) is 5.43. The number of carbonyl (C=O) groups excluding carboxylic acids is 3. The van der Waals surface area contributed by atoms with Crippen molar-refractivity contribution in [3.05, 3.63) is 23.8 Å². The monoisotopic (exact) mass is 403 g/mol. The zero-order valence-corrected chi connectivity index (χ0v) is 17.3. The van der Waals surface area contributed by atoms with Crippen LogP contribution in [0.15, 0.2) is 18.2 Å². The molecule has 8 nitrogen and oxygen atoms in total. The van der Waals surface area contributed by atoms with Gasteiger partial charge in [0.1, 0.15) is 12.1 Å². The minimum atomic E-state index is -1.25. The van der Waals surface area contributed by atoms with E-state index in [4.69, 9.17) is 9.47 Å². The number of unbranched alkanes of at least 4 members (excludes halogenated alkanes) is 2. The molecule has 0 aromatic heterocycles. The molecule has 1 aromatic rings. The summed E-state index contributed by atoms with van der Waals surface area (Å²) in [6, 6.07) is 4.58. The molecule has 0 unspecified atom stereocenters. The smallest absolute Gasteiger partial charge is 0.325 e. The Bertz CT molecular complexity index is 789. The van der Waals surface area contributed by atoms with E-state index in [-0.39, 0.29) is 19.2 Å². The van der Waals surface area contributed by atoms with E-state index in [9.17, 15) is 14.4 Å². The molecule has 4 amide bonds. The topological polar surface area (TPSA) is 88.2 Å². The molecule has 2 heterocycles. The molecule has 0 saturated carbocycles. The van der Waals surface area contributed by atoms with Gasteiger partial charge in [-0.25, -0.2) is 4.79 Å². The summed E-state index contributed by atoms with van der Waals surface area (Å²) in [6.45, 7) is 6.92. The highest BCUT2D eigenvalue weighted by Gasteiger charge is 2.50. The van der Waals surface area contributed by atoms with E-state index in [1.54, 1.807) is 30.0 Å². The second-order valence-electron chi connectivity index (χ2n) is 7.60. The third-order valence-electron chi connectivity index (χ3n) is 5.43. The van der Waals surface area contributed by atoms with Gasteiger partial charge in [0, 0.05) is 13.1 Å². The fraction of sp³-hybridized carbons (Fsp3) is 0.571. The van der Waals surface area contributed by atoms with Crippen LogP contribution in [-0.2, 0) is 15.1 Å². The summed E-state index contributed by atoms with van der Waals surface area (Å²) in [5.41, 5.74) is -0.667. The molecule has 0 aliphatic carbocycles. The number of amides is 4. The number of carbonyl (C=O) groups is 3. The van der Waals surface area contributed by atoms with Gasteiger partial charge in [-0.15, -0.1) is 0 Å². The van der Waals surface area contributed by atoms with E-state index in [0.717, 1.165) is 30.6 Å². The van der Waals surface area contributed by atoms with E-state index in [1.165, 1.54) is 0 Å². The van der Waals surface area contributed by atoms with E-state index in [0.29, 0.717) is 30.2 Å². The zero-order valence-electron chi connectivity index (χ0n) is 17.3. The fourth-order valence-electron chi connectivity index (χ4n) is 3.54. The maximum absolute atomic E-state index is 13.1. The molecule has 1 fully saturated rings. The van der Waals surface area contributed by atoms with E-state index in [2.05, 4.69) is 19.2 Å². The SMILES string of the molecule is CCCCN(CCCC)C(=O)CN1C(=O)N[C@](C)(c2ccc3c(c2)OCO3)C1=O. The van der Waals surface area contributed by atoms with Gasteiger partial charge in [0.05, 0.1) is 0 Å². The first-order chi connectivity index (χ1) is 13.9. The van der Waals surface area contributed by atoms with Crippen molar-refractivity contribution in [2.24, 2.45) is 0 Å². The van der Waals surface area contributed by atoms with Crippen LogP contribution in [0.3, 0.4) is 0 Å². The molecule has 1 saturated heterocycles. The van der Waals surface area contributed by atoms with Gasteiger partial charge in [-0.05, 0) is 37.5 Å². The highest BCUT2D eigenvalue weighted by molar-refractivity contribution is 6.09. The van der Waals surface area contributed by atoms with Gasteiger partial charge in [-0.2, -0.15) is 0 Å². The average Bonchev–Trinajstić information content (AvgIpc) is 3.26. The molecule has 8 heteroatoms. The summed E-state index contributed by atoms with van der Waals surface area (Å²) in [5.74, 6) is 0.486. The summed E-state index contributed by atoms with van der Waals surface area (Å²) in [7, 11) is 0. The number of nitrogens with one attached hydrogen (secondary N) is 1. The lowest BCUT2D eigenvalue weighted by molar-refractivity contribution is -0.139. The quantitative estimate of drug-likeness (QED) is 0.641. The minimum Gasteiger partial charge on any atom is -0.454 e. The van der Waals surface area contributed by atoms with Crippen molar-refractivity contribution in [1.29, 1.82) is 0 Å². The Balaban J connectivity index is 1.74. The van der Waals surface area contributed by atoms with Crippen molar-refractivity contribution < 1.29 is 23.9 Å². The molecule has 1 N–H and O–H groups in total. The number of imide groups is 1. The molecule has 3 rings (SSSR count). The number of fused-ring (bicyclic) bond motifs is 1. The third kappa shape index (κ3) is 4.16. The Kier molecular flexibility index (Phi) is 6.30. The van der Waals surface area contributed by atoms with E-state index in [1.807, 2.05) is 0 Å². The van der Waals surface area contributed by atoms with E-state index >= 15 is 0 Å². The van der Waals surface area contributed by atoms with Crippen LogP contribution < -0.4 is 14.8 Å². The van der Waals surface area contributed by atoms with Crippen molar-refractivity contribution in [3.63, 3.8) is 0 Å². The number of hydrogen-bond donors (Lipinski definition) is 1.